The Balaban J connectivity index is 1.17. The summed E-state index contributed by atoms with van der Waals surface area (Å²) in [6, 6.07) is 15.1. The molecule has 1 saturated carbocycles. The van der Waals surface area contributed by atoms with Crippen LogP contribution in [0.3, 0.4) is 0 Å². The van der Waals surface area contributed by atoms with Gasteiger partial charge in [-0.3, -0.25) is 4.79 Å². The van der Waals surface area contributed by atoms with Crippen LogP contribution in [0.4, 0.5) is 4.79 Å². The van der Waals surface area contributed by atoms with E-state index in [0.717, 1.165) is 41.4 Å². The molecule has 2 aliphatic rings. The molecule has 0 aliphatic heterocycles. The van der Waals surface area contributed by atoms with Crippen LogP contribution in [0.1, 0.15) is 52.4 Å². The molecule has 35 heavy (non-hydrogen) atoms. The number of nitrogens with zero attached hydrogens (tertiary/aromatic N) is 1. The van der Waals surface area contributed by atoms with Crippen molar-refractivity contribution < 1.29 is 28.8 Å². The lowest BCUT2D eigenvalue weighted by molar-refractivity contribution is -0.139. The number of carbonyl (C=O) groups excluding carboxylic acids is 2. The van der Waals surface area contributed by atoms with E-state index >= 15 is 0 Å². The Bertz CT molecular complexity index is 1220. The minimum atomic E-state index is -1.08. The molecule has 1 heterocycles. The number of hydrogen-bond donors (Lipinski definition) is 3. The highest BCUT2D eigenvalue weighted by Gasteiger charge is 2.32. The average Bonchev–Trinajstić information content (AvgIpc) is 3.45. The summed E-state index contributed by atoms with van der Waals surface area (Å²) in [7, 11) is 0. The van der Waals surface area contributed by atoms with Crippen LogP contribution in [0.25, 0.3) is 11.1 Å². The van der Waals surface area contributed by atoms with Gasteiger partial charge in [-0.05, 0) is 34.6 Å². The second-order valence-corrected chi connectivity index (χ2v) is 8.90. The van der Waals surface area contributed by atoms with Gasteiger partial charge in [0.05, 0.1) is 6.54 Å². The summed E-state index contributed by atoms with van der Waals surface area (Å²) in [5.41, 5.74) is 4.75. The Morgan fingerprint density at radius 3 is 2.34 bits per heavy atom. The van der Waals surface area contributed by atoms with Gasteiger partial charge in [-0.1, -0.05) is 66.5 Å². The number of aromatic nitrogens is 1. The standard InChI is InChI=1S/C26H25N3O6/c30-24(28-22(25(31)32)11-15-9-10-15)21-14-35-29-23(21)12-27-26(33)34-13-20-18-7-3-1-5-16(18)17-6-2-4-8-19(17)20/h1-8,14-15,20,22H,9-13H2,(H,27,33)(H,28,30)(H,31,32)/t22-/m0/s1. The van der Waals surface area contributed by atoms with E-state index in [-0.39, 0.29) is 30.3 Å². The normalized spacial score (nSPS) is 15.1. The Kier molecular flexibility index (Phi) is 6.22. The molecule has 2 amide bonds. The average molecular weight is 476 g/mol. The summed E-state index contributed by atoms with van der Waals surface area (Å²) >= 11 is 0. The number of fused-ring (bicyclic) bond motifs is 3. The summed E-state index contributed by atoms with van der Waals surface area (Å²) in [6.45, 7) is 0.0593. The van der Waals surface area contributed by atoms with Crippen LogP contribution in [0.15, 0.2) is 59.3 Å². The zero-order chi connectivity index (χ0) is 24.4. The zero-order valence-electron chi connectivity index (χ0n) is 18.9. The van der Waals surface area contributed by atoms with Gasteiger partial charge in [0.15, 0.2) is 0 Å². The molecule has 3 aromatic rings. The molecule has 1 aromatic heterocycles. The van der Waals surface area contributed by atoms with Gasteiger partial charge in [-0.15, -0.1) is 0 Å². The van der Waals surface area contributed by atoms with E-state index in [0.29, 0.717) is 12.3 Å². The minimum absolute atomic E-state index is 0.0686. The fraction of sp³-hybridized carbons (Fsp3) is 0.308. The van der Waals surface area contributed by atoms with Crippen molar-refractivity contribution in [1.82, 2.24) is 15.8 Å². The number of alkyl carbamates (subject to hydrolysis) is 1. The Morgan fingerprint density at radius 1 is 1.06 bits per heavy atom. The van der Waals surface area contributed by atoms with Crippen molar-refractivity contribution in [2.24, 2.45) is 5.92 Å². The van der Waals surface area contributed by atoms with Gasteiger partial charge in [0.1, 0.15) is 30.2 Å². The lowest BCUT2D eigenvalue weighted by atomic mass is 9.98. The van der Waals surface area contributed by atoms with Crippen LogP contribution in [-0.2, 0) is 16.1 Å². The third kappa shape index (κ3) is 4.89. The number of carboxylic acid groups (broad SMARTS) is 1. The van der Waals surface area contributed by atoms with Gasteiger partial charge in [-0.2, -0.15) is 0 Å². The number of rotatable bonds is 9. The molecule has 180 valence electrons. The highest BCUT2D eigenvalue weighted by Crippen LogP contribution is 2.44. The molecular formula is C26H25N3O6. The number of aliphatic carboxylic acids is 1. The van der Waals surface area contributed by atoms with Gasteiger partial charge < -0.3 is 25.0 Å². The maximum absolute atomic E-state index is 12.6. The summed E-state index contributed by atoms with van der Waals surface area (Å²) in [5.74, 6) is -1.43. The number of carbonyl (C=O) groups is 3. The van der Waals surface area contributed by atoms with Crippen molar-refractivity contribution in [3.05, 3.63) is 77.2 Å². The molecule has 5 rings (SSSR count). The monoisotopic (exact) mass is 475 g/mol. The van der Waals surface area contributed by atoms with Gasteiger partial charge in [-0.25, -0.2) is 9.59 Å². The van der Waals surface area contributed by atoms with Crippen molar-refractivity contribution >= 4 is 18.0 Å². The van der Waals surface area contributed by atoms with Crippen LogP contribution >= 0.6 is 0 Å². The second-order valence-electron chi connectivity index (χ2n) is 8.90. The molecule has 0 saturated heterocycles. The van der Waals surface area contributed by atoms with Crippen molar-refractivity contribution in [1.29, 1.82) is 0 Å². The van der Waals surface area contributed by atoms with E-state index in [1.54, 1.807) is 0 Å². The van der Waals surface area contributed by atoms with Crippen molar-refractivity contribution in [2.45, 2.75) is 37.8 Å². The number of carboxylic acids is 1. The van der Waals surface area contributed by atoms with Crippen LogP contribution in [0.2, 0.25) is 0 Å². The van der Waals surface area contributed by atoms with Crippen molar-refractivity contribution in [3.63, 3.8) is 0 Å². The number of ether oxygens (including phenoxy) is 1. The molecule has 1 atom stereocenters. The van der Waals surface area contributed by atoms with E-state index in [9.17, 15) is 19.5 Å². The third-order valence-corrected chi connectivity index (χ3v) is 6.50. The third-order valence-electron chi connectivity index (χ3n) is 6.50. The molecular weight excluding hydrogens is 450 g/mol. The maximum atomic E-state index is 12.6. The molecule has 9 heteroatoms. The molecule has 0 unspecified atom stereocenters. The second kappa shape index (κ2) is 9.61. The first kappa shape index (κ1) is 22.6. The summed E-state index contributed by atoms with van der Waals surface area (Å²) in [6.07, 6.45) is 2.82. The van der Waals surface area contributed by atoms with E-state index in [2.05, 4.69) is 27.9 Å². The Hall–Kier alpha value is -4.14. The first-order valence-electron chi connectivity index (χ1n) is 11.6. The highest BCUT2D eigenvalue weighted by atomic mass is 16.5. The highest BCUT2D eigenvalue weighted by molar-refractivity contribution is 5.97. The fourth-order valence-electron chi connectivity index (χ4n) is 4.52. The molecule has 9 nitrogen and oxygen atoms in total. The smallest absolute Gasteiger partial charge is 0.407 e. The van der Waals surface area contributed by atoms with Crippen LogP contribution in [-0.4, -0.2) is 40.9 Å². The zero-order valence-corrected chi connectivity index (χ0v) is 18.9. The number of nitrogens with one attached hydrogen (secondary N) is 2. The summed E-state index contributed by atoms with van der Waals surface area (Å²) in [5, 5.41) is 18.3. The van der Waals surface area contributed by atoms with E-state index in [1.807, 2.05) is 36.4 Å². The molecule has 2 aromatic carbocycles. The Morgan fingerprint density at radius 2 is 1.71 bits per heavy atom. The lowest BCUT2D eigenvalue weighted by Gasteiger charge is -2.15. The van der Waals surface area contributed by atoms with E-state index in [4.69, 9.17) is 9.26 Å². The first-order chi connectivity index (χ1) is 17.0. The number of benzene rings is 2. The predicted octanol–water partition coefficient (Wildman–Crippen LogP) is 3.70. The summed E-state index contributed by atoms with van der Waals surface area (Å²) < 4.78 is 10.4. The maximum Gasteiger partial charge on any atom is 0.407 e. The molecule has 0 spiro atoms. The molecule has 3 N–H and O–H groups in total. The van der Waals surface area contributed by atoms with Crippen LogP contribution < -0.4 is 10.6 Å². The van der Waals surface area contributed by atoms with E-state index in [1.165, 1.54) is 0 Å². The van der Waals surface area contributed by atoms with Crippen LogP contribution in [0.5, 0.6) is 0 Å². The number of hydrogen-bond acceptors (Lipinski definition) is 6. The van der Waals surface area contributed by atoms with Gasteiger partial charge >= 0.3 is 12.1 Å². The van der Waals surface area contributed by atoms with Crippen molar-refractivity contribution in [2.75, 3.05) is 6.61 Å². The molecule has 0 radical (unpaired) electrons. The Labute approximate surface area is 201 Å². The molecule has 0 bridgehead atoms. The lowest BCUT2D eigenvalue weighted by Crippen LogP contribution is -2.41. The van der Waals surface area contributed by atoms with E-state index < -0.39 is 24.0 Å². The quantitative estimate of drug-likeness (QED) is 0.430. The molecule has 2 aliphatic carbocycles. The largest absolute Gasteiger partial charge is 0.480 e. The minimum Gasteiger partial charge on any atom is -0.480 e. The number of amides is 2. The topological polar surface area (TPSA) is 131 Å². The fourth-order valence-corrected chi connectivity index (χ4v) is 4.52. The van der Waals surface area contributed by atoms with Crippen LogP contribution in [0, 0.1) is 5.92 Å². The van der Waals surface area contributed by atoms with Crippen molar-refractivity contribution in [3.8, 4) is 11.1 Å². The van der Waals surface area contributed by atoms with Gasteiger partial charge in [0, 0.05) is 5.92 Å². The molecule has 1 fully saturated rings. The predicted molar refractivity (Wildman–Crippen MR) is 125 cm³/mol. The SMILES string of the molecule is O=C(NCc1nocc1C(=O)N[C@@H](CC1CC1)C(=O)O)OCC1c2ccccc2-c2ccccc21. The summed E-state index contributed by atoms with van der Waals surface area (Å²) in [4.78, 5) is 36.5. The van der Waals surface area contributed by atoms with Gasteiger partial charge in [0.2, 0.25) is 0 Å². The first-order valence-corrected chi connectivity index (χ1v) is 11.6. The van der Waals surface area contributed by atoms with Gasteiger partial charge in [0.25, 0.3) is 5.91 Å².